The number of nitrogens with one attached hydrogen (secondary N) is 1. The Bertz CT molecular complexity index is 127. The highest BCUT2D eigenvalue weighted by Gasteiger charge is 2.21. The normalized spacial score (nSPS) is 28.2. The summed E-state index contributed by atoms with van der Waals surface area (Å²) in [6.45, 7) is 7.29. The molecule has 1 N–H and O–H groups in total. The van der Waals surface area contributed by atoms with Crippen molar-refractivity contribution in [2.75, 3.05) is 19.8 Å². The smallest absolute Gasteiger partial charge is 0.0590 e. The van der Waals surface area contributed by atoms with Crippen LogP contribution >= 0.6 is 0 Å². The van der Waals surface area contributed by atoms with Gasteiger partial charge in [-0.3, -0.25) is 0 Å². The molecule has 0 aromatic rings. The molecule has 1 saturated carbocycles. The minimum atomic E-state index is 0.755. The summed E-state index contributed by atoms with van der Waals surface area (Å²) in [5, 5.41) is 3.57. The molecule has 1 aliphatic carbocycles. The van der Waals surface area contributed by atoms with E-state index in [1.807, 2.05) is 0 Å². The van der Waals surface area contributed by atoms with E-state index in [9.17, 15) is 0 Å². The molecule has 0 aromatic heterocycles. The van der Waals surface area contributed by atoms with Crippen LogP contribution in [0.4, 0.5) is 0 Å². The summed E-state index contributed by atoms with van der Waals surface area (Å²) in [5.41, 5.74) is 0. The maximum absolute atomic E-state index is 5.42. The monoisotopic (exact) mass is 185 g/mol. The van der Waals surface area contributed by atoms with E-state index in [1.165, 1.54) is 19.3 Å². The molecule has 2 nitrogen and oxygen atoms in total. The lowest BCUT2D eigenvalue weighted by molar-refractivity contribution is 0.133. The Kier molecular flexibility index (Phi) is 5.40. The van der Waals surface area contributed by atoms with E-state index in [1.54, 1.807) is 0 Å². The first-order valence-electron chi connectivity index (χ1n) is 5.65. The average Bonchev–Trinajstić information content (AvgIpc) is 2.52. The Morgan fingerprint density at radius 2 is 2.15 bits per heavy atom. The van der Waals surface area contributed by atoms with Crippen molar-refractivity contribution in [1.29, 1.82) is 0 Å². The SMILES string of the molecule is CCCOCCNC1CCCC1C. The maximum Gasteiger partial charge on any atom is 0.0590 e. The van der Waals surface area contributed by atoms with Crippen molar-refractivity contribution in [3.63, 3.8) is 0 Å². The molecule has 0 aromatic carbocycles. The zero-order valence-electron chi connectivity index (χ0n) is 9.01. The predicted octanol–water partition coefficient (Wildman–Crippen LogP) is 2.19. The quantitative estimate of drug-likeness (QED) is 0.640. The molecule has 13 heavy (non-hydrogen) atoms. The van der Waals surface area contributed by atoms with Crippen LogP contribution < -0.4 is 5.32 Å². The number of hydrogen-bond donors (Lipinski definition) is 1. The van der Waals surface area contributed by atoms with Crippen LogP contribution in [0.5, 0.6) is 0 Å². The van der Waals surface area contributed by atoms with Gasteiger partial charge < -0.3 is 10.1 Å². The van der Waals surface area contributed by atoms with E-state index in [-0.39, 0.29) is 0 Å². The van der Waals surface area contributed by atoms with Crippen LogP contribution in [0.25, 0.3) is 0 Å². The third-order valence-corrected chi connectivity index (χ3v) is 2.86. The Balaban J connectivity index is 1.93. The first kappa shape index (κ1) is 11.0. The molecule has 0 radical (unpaired) electrons. The molecule has 2 atom stereocenters. The third-order valence-electron chi connectivity index (χ3n) is 2.86. The summed E-state index contributed by atoms with van der Waals surface area (Å²) in [4.78, 5) is 0. The van der Waals surface area contributed by atoms with Crippen LogP contribution in [0.15, 0.2) is 0 Å². The minimum absolute atomic E-state index is 0.755. The molecule has 0 saturated heterocycles. The average molecular weight is 185 g/mol. The van der Waals surface area contributed by atoms with Gasteiger partial charge in [-0.15, -0.1) is 0 Å². The van der Waals surface area contributed by atoms with Crippen molar-refractivity contribution in [1.82, 2.24) is 5.32 Å². The second-order valence-corrected chi connectivity index (χ2v) is 4.08. The fraction of sp³-hybridized carbons (Fsp3) is 1.00. The zero-order chi connectivity index (χ0) is 9.52. The van der Waals surface area contributed by atoms with Crippen LogP contribution in [0.1, 0.15) is 39.5 Å². The van der Waals surface area contributed by atoms with Gasteiger partial charge in [-0.05, 0) is 25.2 Å². The maximum atomic E-state index is 5.42. The highest BCUT2D eigenvalue weighted by Crippen LogP contribution is 2.24. The van der Waals surface area contributed by atoms with Gasteiger partial charge in [0.2, 0.25) is 0 Å². The fourth-order valence-corrected chi connectivity index (χ4v) is 2.01. The second kappa shape index (κ2) is 6.39. The van der Waals surface area contributed by atoms with Gasteiger partial charge in [-0.25, -0.2) is 0 Å². The highest BCUT2D eigenvalue weighted by atomic mass is 16.5. The van der Waals surface area contributed by atoms with Gasteiger partial charge in [-0.2, -0.15) is 0 Å². The lowest BCUT2D eigenvalue weighted by atomic mass is 10.1. The molecule has 2 unspecified atom stereocenters. The Labute approximate surface area is 82.0 Å². The summed E-state index contributed by atoms with van der Waals surface area (Å²) >= 11 is 0. The van der Waals surface area contributed by atoms with Gasteiger partial charge >= 0.3 is 0 Å². The molecule has 0 spiro atoms. The van der Waals surface area contributed by atoms with Crippen molar-refractivity contribution in [2.24, 2.45) is 5.92 Å². The summed E-state index contributed by atoms with van der Waals surface area (Å²) in [6, 6.07) is 0.755. The summed E-state index contributed by atoms with van der Waals surface area (Å²) < 4.78 is 5.42. The molecule has 1 rings (SSSR count). The van der Waals surface area contributed by atoms with E-state index >= 15 is 0 Å². The van der Waals surface area contributed by atoms with E-state index in [2.05, 4.69) is 19.2 Å². The topological polar surface area (TPSA) is 21.3 Å². The van der Waals surface area contributed by atoms with Gasteiger partial charge in [0.25, 0.3) is 0 Å². The molecular formula is C11H23NO. The molecule has 2 heteroatoms. The molecule has 0 heterocycles. The van der Waals surface area contributed by atoms with E-state index in [4.69, 9.17) is 4.74 Å². The van der Waals surface area contributed by atoms with Gasteiger partial charge in [0.15, 0.2) is 0 Å². The Hall–Kier alpha value is -0.0800. The lowest BCUT2D eigenvalue weighted by Gasteiger charge is -2.16. The van der Waals surface area contributed by atoms with Crippen molar-refractivity contribution in [3.05, 3.63) is 0 Å². The van der Waals surface area contributed by atoms with E-state index in [0.29, 0.717) is 0 Å². The predicted molar refractivity (Wildman–Crippen MR) is 55.9 cm³/mol. The van der Waals surface area contributed by atoms with Gasteiger partial charge in [0, 0.05) is 19.2 Å². The molecule has 0 amide bonds. The van der Waals surface area contributed by atoms with E-state index in [0.717, 1.165) is 38.1 Å². The van der Waals surface area contributed by atoms with Crippen LogP contribution in [-0.4, -0.2) is 25.8 Å². The summed E-state index contributed by atoms with van der Waals surface area (Å²) in [7, 11) is 0. The molecule has 78 valence electrons. The van der Waals surface area contributed by atoms with Gasteiger partial charge in [0.1, 0.15) is 0 Å². The van der Waals surface area contributed by atoms with Gasteiger partial charge in [0.05, 0.1) is 6.61 Å². The first-order chi connectivity index (χ1) is 6.34. The van der Waals surface area contributed by atoms with Crippen LogP contribution in [-0.2, 0) is 4.74 Å². The van der Waals surface area contributed by atoms with Crippen LogP contribution in [0.3, 0.4) is 0 Å². The summed E-state index contributed by atoms with van der Waals surface area (Å²) in [5.74, 6) is 0.867. The minimum Gasteiger partial charge on any atom is -0.380 e. The van der Waals surface area contributed by atoms with Crippen molar-refractivity contribution < 1.29 is 4.74 Å². The largest absolute Gasteiger partial charge is 0.380 e. The van der Waals surface area contributed by atoms with Crippen LogP contribution in [0.2, 0.25) is 0 Å². The highest BCUT2D eigenvalue weighted by molar-refractivity contribution is 4.79. The molecule has 0 aliphatic heterocycles. The summed E-state index contributed by atoms with van der Waals surface area (Å²) in [6.07, 6.45) is 5.27. The molecule has 1 aliphatic rings. The molecule has 1 fully saturated rings. The van der Waals surface area contributed by atoms with Crippen molar-refractivity contribution in [2.45, 2.75) is 45.6 Å². The van der Waals surface area contributed by atoms with Crippen molar-refractivity contribution >= 4 is 0 Å². The van der Waals surface area contributed by atoms with E-state index < -0.39 is 0 Å². The number of rotatable bonds is 6. The molecule has 0 bridgehead atoms. The van der Waals surface area contributed by atoms with Gasteiger partial charge in [-0.1, -0.05) is 20.3 Å². The van der Waals surface area contributed by atoms with Crippen molar-refractivity contribution in [3.8, 4) is 0 Å². The Morgan fingerprint density at radius 1 is 1.31 bits per heavy atom. The molecular weight excluding hydrogens is 162 g/mol. The Morgan fingerprint density at radius 3 is 2.77 bits per heavy atom. The first-order valence-corrected chi connectivity index (χ1v) is 5.65. The number of hydrogen-bond acceptors (Lipinski definition) is 2. The lowest BCUT2D eigenvalue weighted by Crippen LogP contribution is -2.33. The standard InChI is InChI=1S/C11H23NO/c1-3-8-13-9-7-12-11-6-4-5-10(11)2/h10-12H,3-9H2,1-2H3. The fourth-order valence-electron chi connectivity index (χ4n) is 2.01. The van der Waals surface area contributed by atoms with Crippen LogP contribution in [0, 0.1) is 5.92 Å². The number of ether oxygens (including phenoxy) is 1. The second-order valence-electron chi connectivity index (χ2n) is 4.08. The third kappa shape index (κ3) is 4.10. The zero-order valence-corrected chi connectivity index (χ0v) is 9.01.